The Morgan fingerprint density at radius 3 is 1.33 bits per heavy atom. The van der Waals surface area contributed by atoms with Crippen molar-refractivity contribution in [3.8, 4) is 47.0 Å². The zero-order valence-electron chi connectivity index (χ0n) is 71.3. The summed E-state index contributed by atoms with van der Waals surface area (Å²) in [6.07, 6.45) is 15.2. The Labute approximate surface area is 720 Å². The van der Waals surface area contributed by atoms with Gasteiger partial charge in [0.25, 0.3) is 0 Å². The molecule has 3 saturated carbocycles. The minimum atomic E-state index is -0.318. The Balaban J connectivity index is 0.000000114. The zero-order valence-corrected chi connectivity index (χ0v) is 71.3. The molecule has 1 spiro atoms. The maximum Gasteiger partial charge on any atom is 0.326 e. The largest absolute Gasteiger partial charge is 0.423 e. The molecule has 5 atom stereocenters. The fourth-order valence-electron chi connectivity index (χ4n) is 17.6. The molecule has 5 fully saturated rings. The number of aryl methyl sites for hydroxylation is 6. The van der Waals surface area contributed by atoms with Gasteiger partial charge in [-0.15, -0.1) is 0 Å². The molecule has 4 unspecified atom stereocenters. The molecule has 32 nitrogen and oxygen atoms in total. The Kier molecular flexibility index (Phi) is 22.4. The van der Waals surface area contributed by atoms with Crippen molar-refractivity contribution in [3.05, 3.63) is 167 Å². The highest BCUT2D eigenvalue weighted by Gasteiger charge is 2.55. The number of nitrogens with two attached hydrogens (primary N) is 4. The summed E-state index contributed by atoms with van der Waals surface area (Å²) < 4.78 is 82.7. The predicted octanol–water partition coefficient (Wildman–Crippen LogP) is 15.5. The van der Waals surface area contributed by atoms with E-state index in [1.165, 1.54) is 24.3 Å². The number of fused-ring (bicyclic) bond motifs is 13. The van der Waals surface area contributed by atoms with E-state index in [1.807, 2.05) is 51.1 Å². The standard InChI is InChI=1S/C24H26FN7O.C24H28FN7O.C21H20FN7O.C21H24FN7O/c1-12-4-5-14(9-28-12)33-23-30-21-19(18-13(2)15(25)8-16(27-3)20(18)29-21)22(31-23)32-10-24(11-32)7-6-17(24)26;1-12-8-9-14(11-28-12)33-24-31-22(29-17-7-5-4-6-16(17)26)20-19-13(2)15(25)10-18(27-3)21(19)30-23(20)32-24;1-24-14-5-4-13(22)15-16-19(26-18(14)15)27-21(30-10-3-2-6-25-7-10)28-20(16)29-8-11-12(9-29)17(11)23;1-11-5-6-13(10-26-11)30-21-28-19(25-8-4-7-23)17-16-12(2)14(22)9-15(24-3)18(16)27-20(17)29-21/h4-5,8-9,17,27H,6-7,10-11,26H2,1-3H3,(H,29,30,31);8-11,16-17,27H,4-7,26H2,1-3H3,(H2,29,30,31,32);2-7,11-12,17,24H,8-9,23H2,1H3,(H,26,27,28);5-6,9-10,24H,4,7-8,23H2,1-3H3,(H2,25,27,28,29)/t;16-,17?;;/m.0../s1. The van der Waals surface area contributed by atoms with Crippen molar-refractivity contribution in [3.63, 3.8) is 0 Å². The molecule has 0 bridgehead atoms. The van der Waals surface area contributed by atoms with E-state index in [-0.39, 0.29) is 76.9 Å². The second kappa shape index (κ2) is 34.0. The number of hydrogen-bond acceptors (Lipinski definition) is 28. The Hall–Kier alpha value is -13.8. The number of piperidine rings is 1. The van der Waals surface area contributed by atoms with Gasteiger partial charge in [0, 0.05) is 130 Å². The smallest absolute Gasteiger partial charge is 0.326 e. The number of aromatic amines is 4. The normalized spacial score (nSPS) is 17.9. The summed E-state index contributed by atoms with van der Waals surface area (Å²) in [4.78, 5) is 71.6. The van der Waals surface area contributed by atoms with Crippen LogP contribution in [0.4, 0.5) is 63.6 Å². The average Bonchev–Trinajstić information content (AvgIpc) is 1.27. The SMILES string of the molecule is CNc1cc(F)c(C)c2c1[nH]c1nc(Oc3ccc(C)nc3)nc(N3CC4(CCC4N)C3)c12.CNc1cc(F)c(C)c2c1[nH]c1nc(Oc3ccc(C)nc3)nc(NC3CCCC[C@@H]3N)c12.CNc1cc(F)c(C)c2c1[nH]c1nc(Oc3ccc(C)nc3)nc(NCCCN)c12.CNc1ccc(F)c2c1[nH]c1nc(Oc3cccnc3)nc(N3CC4C(N)C4C3)c12. The van der Waals surface area contributed by atoms with Crippen molar-refractivity contribution >= 4 is 134 Å². The lowest BCUT2D eigenvalue weighted by atomic mass is 9.60. The van der Waals surface area contributed by atoms with Crippen molar-refractivity contribution < 1.29 is 36.5 Å². The summed E-state index contributed by atoms with van der Waals surface area (Å²) in [5.74, 6) is 4.44. The van der Waals surface area contributed by atoms with E-state index in [0.29, 0.717) is 143 Å². The van der Waals surface area contributed by atoms with Gasteiger partial charge in [-0.25, -0.2) is 17.6 Å². The summed E-state index contributed by atoms with van der Waals surface area (Å²) >= 11 is 0. The average molecular weight is 1710 g/mol. The molecule has 126 heavy (non-hydrogen) atoms. The van der Waals surface area contributed by atoms with Crippen LogP contribution in [0.3, 0.4) is 0 Å². The van der Waals surface area contributed by atoms with Gasteiger partial charge in [0.2, 0.25) is 0 Å². The topological polar surface area (TPSA) is 437 Å². The first kappa shape index (κ1) is 83.1. The zero-order chi connectivity index (χ0) is 87.7. The Morgan fingerprint density at radius 1 is 0.460 bits per heavy atom. The van der Waals surface area contributed by atoms with Gasteiger partial charge in [0.05, 0.1) is 96.5 Å². The van der Waals surface area contributed by atoms with Crippen LogP contribution in [-0.4, -0.2) is 171 Å². The summed E-state index contributed by atoms with van der Waals surface area (Å²) in [6, 6.07) is 23.6. The number of ether oxygens (including phenoxy) is 4. The molecule has 2 saturated heterocycles. The van der Waals surface area contributed by atoms with Crippen molar-refractivity contribution in [2.45, 2.75) is 111 Å². The van der Waals surface area contributed by atoms with E-state index in [4.69, 9.17) is 56.8 Å². The van der Waals surface area contributed by atoms with E-state index in [0.717, 1.165) is 143 Å². The number of pyridine rings is 4. The van der Waals surface area contributed by atoms with Gasteiger partial charge in [0.1, 0.15) is 92.1 Å². The molecule has 21 rings (SSSR count). The maximum atomic E-state index is 14.9. The summed E-state index contributed by atoms with van der Waals surface area (Å²) in [5, 5.41) is 24.8. The van der Waals surface area contributed by atoms with E-state index in [1.54, 1.807) is 104 Å². The molecule has 5 aliphatic rings. The lowest BCUT2D eigenvalue weighted by Gasteiger charge is -2.60. The molecular formula is C90H98F4N28O4. The van der Waals surface area contributed by atoms with Crippen LogP contribution in [-0.2, 0) is 0 Å². The predicted molar refractivity (Wildman–Crippen MR) is 484 cm³/mol. The summed E-state index contributed by atoms with van der Waals surface area (Å²) in [5.41, 5.74) is 36.9. The van der Waals surface area contributed by atoms with Crippen LogP contribution in [0.15, 0.2) is 110 Å². The number of nitrogens with zero attached hydrogens (tertiary/aromatic N) is 14. The summed E-state index contributed by atoms with van der Waals surface area (Å²) in [6.45, 7) is 15.4. The first-order valence-electron chi connectivity index (χ1n) is 42.1. The van der Waals surface area contributed by atoms with Gasteiger partial charge in [-0.2, -0.15) is 39.9 Å². The van der Waals surface area contributed by atoms with Crippen molar-refractivity contribution in [2.24, 2.45) is 40.2 Å². The van der Waals surface area contributed by atoms with Crippen LogP contribution in [0.5, 0.6) is 47.0 Å². The first-order chi connectivity index (χ1) is 61.0. The van der Waals surface area contributed by atoms with Gasteiger partial charge in [0.15, 0.2) is 0 Å². The minimum Gasteiger partial charge on any atom is -0.423 e. The van der Waals surface area contributed by atoms with E-state index in [2.05, 4.69) is 106 Å². The Bertz CT molecular complexity index is 6800. The number of H-pyrrole nitrogens is 4. The number of hydrogen-bond donors (Lipinski definition) is 14. The van der Waals surface area contributed by atoms with Gasteiger partial charge < -0.3 is 104 Å². The van der Waals surface area contributed by atoms with E-state index < -0.39 is 0 Å². The third kappa shape index (κ3) is 15.7. The van der Waals surface area contributed by atoms with Crippen LogP contribution >= 0.6 is 0 Å². The number of benzene rings is 4. The fraction of sp³-hybridized carbons (Fsp3) is 0.333. The molecule has 3 aliphatic carbocycles. The van der Waals surface area contributed by atoms with Crippen molar-refractivity contribution in [1.82, 2.24) is 79.7 Å². The molecule has 12 aromatic heterocycles. The van der Waals surface area contributed by atoms with Gasteiger partial charge in [-0.1, -0.05) is 12.8 Å². The van der Waals surface area contributed by atoms with Crippen LogP contribution < -0.4 is 83.6 Å². The second-order valence-corrected chi connectivity index (χ2v) is 32.9. The second-order valence-electron chi connectivity index (χ2n) is 32.9. The third-order valence-electron chi connectivity index (χ3n) is 24.8. The quantitative estimate of drug-likeness (QED) is 0.0249. The molecule has 650 valence electrons. The van der Waals surface area contributed by atoms with Gasteiger partial charge in [-0.3, -0.25) is 19.9 Å². The molecule has 16 aromatic rings. The number of nitrogens with one attached hydrogen (secondary N) is 10. The molecule has 2 aliphatic heterocycles. The number of anilines is 8. The molecule has 14 heterocycles. The van der Waals surface area contributed by atoms with Gasteiger partial charge >= 0.3 is 24.0 Å². The lowest BCUT2D eigenvalue weighted by molar-refractivity contribution is 0.0559. The molecule has 36 heteroatoms. The van der Waals surface area contributed by atoms with E-state index in [9.17, 15) is 17.6 Å². The highest BCUT2D eigenvalue weighted by Crippen LogP contribution is 2.52. The van der Waals surface area contributed by atoms with Crippen molar-refractivity contribution in [1.29, 1.82) is 0 Å². The molecule has 4 aromatic carbocycles. The highest BCUT2D eigenvalue weighted by atomic mass is 19.1. The minimum absolute atomic E-state index is 0.0188. The molecular weight excluding hydrogens is 1610 g/mol. The van der Waals surface area contributed by atoms with Gasteiger partial charge in [-0.05, 0) is 188 Å². The highest BCUT2D eigenvalue weighted by molar-refractivity contribution is 6.19. The van der Waals surface area contributed by atoms with Crippen LogP contribution in [0, 0.1) is 82.1 Å². The fourth-order valence-corrected chi connectivity index (χ4v) is 17.6. The van der Waals surface area contributed by atoms with Crippen LogP contribution in [0.25, 0.3) is 87.7 Å². The lowest BCUT2D eigenvalue weighted by Crippen LogP contribution is -2.69. The van der Waals surface area contributed by atoms with Crippen LogP contribution in [0.1, 0.15) is 78.7 Å². The molecule has 0 radical (unpaired) electrons. The molecule has 18 N–H and O–H groups in total. The number of rotatable bonds is 20. The number of aromatic nitrogens is 16. The summed E-state index contributed by atoms with van der Waals surface area (Å²) in [7, 11) is 7.09. The van der Waals surface area contributed by atoms with Crippen LogP contribution in [0.2, 0.25) is 0 Å². The van der Waals surface area contributed by atoms with Crippen molar-refractivity contribution in [2.75, 3.05) is 109 Å². The Morgan fingerprint density at radius 2 is 0.897 bits per heavy atom. The molecule has 0 amide bonds. The third-order valence-corrected chi connectivity index (χ3v) is 24.8. The maximum absolute atomic E-state index is 14.9. The number of halogens is 4. The van der Waals surface area contributed by atoms with E-state index >= 15 is 0 Å². The monoisotopic (exact) mass is 1710 g/mol. The first-order valence-corrected chi connectivity index (χ1v) is 42.1.